The van der Waals surface area contributed by atoms with Gasteiger partial charge < -0.3 is 16.0 Å². The predicted octanol–water partition coefficient (Wildman–Crippen LogP) is 1.62. The number of H-pyrrole nitrogens is 1. The number of nitrogens with two attached hydrogens (primary N) is 1. The van der Waals surface area contributed by atoms with Crippen LogP contribution in [-0.4, -0.2) is 27.0 Å². The van der Waals surface area contributed by atoms with E-state index < -0.39 is 0 Å². The van der Waals surface area contributed by atoms with E-state index in [9.17, 15) is 0 Å². The second-order valence-corrected chi connectivity index (χ2v) is 4.74. The molecular formula is C12H17N5. The van der Waals surface area contributed by atoms with Gasteiger partial charge in [-0.15, -0.1) is 0 Å². The molecule has 5 nitrogen and oxygen atoms in total. The Bertz CT molecular complexity index is 453. The van der Waals surface area contributed by atoms with Crippen molar-refractivity contribution in [1.29, 1.82) is 0 Å². The lowest BCUT2D eigenvalue weighted by Crippen LogP contribution is -2.39. The topological polar surface area (TPSA) is 79.6 Å². The average Bonchev–Trinajstić information content (AvgIpc) is 2.79. The van der Waals surface area contributed by atoms with E-state index >= 15 is 0 Å². The van der Waals surface area contributed by atoms with E-state index in [0.29, 0.717) is 12.5 Å². The highest BCUT2D eigenvalue weighted by Crippen LogP contribution is 2.16. The Labute approximate surface area is 100 Å². The molecule has 0 amide bonds. The van der Waals surface area contributed by atoms with Crippen LogP contribution in [0.1, 0.15) is 13.8 Å². The summed E-state index contributed by atoms with van der Waals surface area (Å²) in [7, 11) is 0. The summed E-state index contributed by atoms with van der Waals surface area (Å²) in [5, 5.41) is 3.10. The van der Waals surface area contributed by atoms with Crippen molar-refractivity contribution in [2.24, 2.45) is 5.73 Å². The molecule has 0 aliphatic rings. The summed E-state index contributed by atoms with van der Waals surface area (Å²) in [6.45, 7) is 4.54. The molecule has 2 aromatic heterocycles. The molecule has 0 saturated carbocycles. The number of hydrogen-bond acceptors (Lipinski definition) is 4. The van der Waals surface area contributed by atoms with Crippen LogP contribution in [0.25, 0.3) is 11.1 Å². The summed E-state index contributed by atoms with van der Waals surface area (Å²) >= 11 is 0. The summed E-state index contributed by atoms with van der Waals surface area (Å²) in [6, 6.07) is 1.98. The molecule has 0 atom stereocenters. The van der Waals surface area contributed by atoms with E-state index in [-0.39, 0.29) is 5.54 Å². The Balaban J connectivity index is 2.04. The second-order valence-electron chi connectivity index (χ2n) is 4.74. The molecule has 2 heterocycles. The van der Waals surface area contributed by atoms with Crippen LogP contribution in [0.5, 0.6) is 0 Å². The summed E-state index contributed by atoms with van der Waals surface area (Å²) in [5.41, 5.74) is 7.66. The third kappa shape index (κ3) is 3.29. The Morgan fingerprint density at radius 2 is 2.00 bits per heavy atom. The third-order valence-corrected chi connectivity index (χ3v) is 2.29. The van der Waals surface area contributed by atoms with Crippen molar-refractivity contribution in [3.05, 3.63) is 30.9 Å². The number of aromatic nitrogens is 3. The highest BCUT2D eigenvalue weighted by Gasteiger charge is 2.10. The molecule has 0 aliphatic carbocycles. The van der Waals surface area contributed by atoms with Crippen molar-refractivity contribution in [3.8, 4) is 11.1 Å². The highest BCUT2D eigenvalue weighted by molar-refractivity contribution is 5.60. The van der Waals surface area contributed by atoms with Crippen molar-refractivity contribution in [2.45, 2.75) is 19.4 Å². The van der Waals surface area contributed by atoms with Crippen molar-refractivity contribution in [3.63, 3.8) is 0 Å². The molecule has 0 bridgehead atoms. The molecular weight excluding hydrogens is 214 g/mol. The van der Waals surface area contributed by atoms with Crippen LogP contribution in [0.4, 0.5) is 5.95 Å². The molecule has 0 spiro atoms. The van der Waals surface area contributed by atoms with Crippen molar-refractivity contribution in [1.82, 2.24) is 15.0 Å². The number of rotatable bonds is 4. The number of nitrogens with zero attached hydrogens (tertiary/aromatic N) is 2. The average molecular weight is 231 g/mol. The van der Waals surface area contributed by atoms with Gasteiger partial charge in [-0.25, -0.2) is 9.97 Å². The zero-order valence-electron chi connectivity index (χ0n) is 10.1. The fourth-order valence-electron chi connectivity index (χ4n) is 1.38. The van der Waals surface area contributed by atoms with Crippen LogP contribution >= 0.6 is 0 Å². The molecule has 2 aromatic rings. The van der Waals surface area contributed by atoms with Crippen LogP contribution in [-0.2, 0) is 0 Å². The van der Waals surface area contributed by atoms with E-state index in [1.807, 2.05) is 32.3 Å². The Kier molecular flexibility index (Phi) is 3.10. The first-order chi connectivity index (χ1) is 8.04. The first kappa shape index (κ1) is 11.6. The minimum absolute atomic E-state index is 0.275. The monoisotopic (exact) mass is 231 g/mol. The lowest BCUT2D eigenvalue weighted by atomic mass is 10.1. The van der Waals surface area contributed by atoms with Crippen LogP contribution in [0, 0.1) is 0 Å². The summed E-state index contributed by atoms with van der Waals surface area (Å²) in [4.78, 5) is 11.5. The van der Waals surface area contributed by atoms with Crippen LogP contribution in [0.15, 0.2) is 30.9 Å². The highest BCUT2D eigenvalue weighted by atomic mass is 15.1. The smallest absolute Gasteiger partial charge is 0.222 e. The summed E-state index contributed by atoms with van der Waals surface area (Å²) in [5.74, 6) is 0.600. The van der Waals surface area contributed by atoms with Gasteiger partial charge in [0.05, 0.1) is 0 Å². The molecule has 0 aliphatic heterocycles. The van der Waals surface area contributed by atoms with E-state index in [0.717, 1.165) is 11.1 Å². The lowest BCUT2D eigenvalue weighted by Gasteiger charge is -2.18. The first-order valence-corrected chi connectivity index (χ1v) is 5.52. The fraction of sp³-hybridized carbons (Fsp3) is 0.333. The fourth-order valence-corrected chi connectivity index (χ4v) is 1.38. The van der Waals surface area contributed by atoms with E-state index in [1.54, 1.807) is 12.4 Å². The quantitative estimate of drug-likeness (QED) is 0.747. The largest absolute Gasteiger partial charge is 0.367 e. The van der Waals surface area contributed by atoms with Gasteiger partial charge in [-0.2, -0.15) is 0 Å². The van der Waals surface area contributed by atoms with Gasteiger partial charge in [0.25, 0.3) is 0 Å². The molecule has 2 rings (SSSR count). The first-order valence-electron chi connectivity index (χ1n) is 5.52. The summed E-state index contributed by atoms with van der Waals surface area (Å²) < 4.78 is 0. The summed E-state index contributed by atoms with van der Waals surface area (Å²) in [6.07, 6.45) is 7.37. The zero-order valence-corrected chi connectivity index (χ0v) is 10.1. The zero-order chi connectivity index (χ0) is 12.3. The van der Waals surface area contributed by atoms with Crippen molar-refractivity contribution in [2.75, 3.05) is 11.9 Å². The minimum atomic E-state index is -0.275. The third-order valence-electron chi connectivity index (χ3n) is 2.29. The maximum atomic E-state index is 5.87. The molecule has 0 saturated heterocycles. The van der Waals surface area contributed by atoms with Gasteiger partial charge in [0, 0.05) is 48.0 Å². The van der Waals surface area contributed by atoms with Crippen molar-refractivity contribution < 1.29 is 0 Å². The molecule has 0 radical (unpaired) electrons. The molecule has 5 heteroatoms. The SMILES string of the molecule is CC(C)(N)CNc1ncc(-c2cc[nH]c2)cn1. The van der Waals surface area contributed by atoms with E-state index in [4.69, 9.17) is 5.73 Å². The maximum Gasteiger partial charge on any atom is 0.222 e. The molecule has 4 N–H and O–H groups in total. The number of nitrogens with one attached hydrogen (secondary N) is 2. The second kappa shape index (κ2) is 4.55. The van der Waals surface area contributed by atoms with E-state index in [1.165, 1.54) is 0 Å². The Morgan fingerprint density at radius 1 is 1.29 bits per heavy atom. The standard InChI is InChI=1S/C12H17N5/c1-12(2,13)8-17-11-15-6-10(7-16-11)9-3-4-14-5-9/h3-7,14H,8,13H2,1-2H3,(H,15,16,17). The van der Waals surface area contributed by atoms with Gasteiger partial charge in [-0.3, -0.25) is 0 Å². The van der Waals surface area contributed by atoms with Gasteiger partial charge in [0.1, 0.15) is 0 Å². The number of hydrogen-bond donors (Lipinski definition) is 3. The number of anilines is 1. The van der Waals surface area contributed by atoms with Crippen molar-refractivity contribution >= 4 is 5.95 Å². The predicted molar refractivity (Wildman–Crippen MR) is 68.6 cm³/mol. The molecule has 0 fully saturated rings. The Hall–Kier alpha value is -1.88. The van der Waals surface area contributed by atoms with Gasteiger partial charge >= 0.3 is 0 Å². The minimum Gasteiger partial charge on any atom is -0.367 e. The molecule has 0 unspecified atom stereocenters. The van der Waals surface area contributed by atoms with Crippen LogP contribution in [0.3, 0.4) is 0 Å². The van der Waals surface area contributed by atoms with Gasteiger partial charge in [-0.1, -0.05) is 0 Å². The maximum absolute atomic E-state index is 5.87. The molecule has 0 aromatic carbocycles. The molecule has 17 heavy (non-hydrogen) atoms. The Morgan fingerprint density at radius 3 is 2.53 bits per heavy atom. The van der Waals surface area contributed by atoms with Crippen LogP contribution in [0.2, 0.25) is 0 Å². The number of aromatic amines is 1. The van der Waals surface area contributed by atoms with Gasteiger partial charge in [0.15, 0.2) is 0 Å². The normalized spacial score (nSPS) is 11.5. The molecule has 90 valence electrons. The lowest BCUT2D eigenvalue weighted by molar-refractivity contribution is 0.547. The van der Waals surface area contributed by atoms with Gasteiger partial charge in [-0.05, 0) is 19.9 Å². The van der Waals surface area contributed by atoms with Crippen LogP contribution < -0.4 is 11.1 Å². The van der Waals surface area contributed by atoms with Gasteiger partial charge in [0.2, 0.25) is 5.95 Å². The van der Waals surface area contributed by atoms with E-state index in [2.05, 4.69) is 20.3 Å².